The molecule has 0 radical (unpaired) electrons. The third-order valence-corrected chi connectivity index (χ3v) is 4.12. The van der Waals surface area contributed by atoms with Gasteiger partial charge in [-0.05, 0) is 55.9 Å². The van der Waals surface area contributed by atoms with Crippen LogP contribution in [0.25, 0.3) is 0 Å². The average Bonchev–Trinajstić information content (AvgIpc) is 2.24. The van der Waals surface area contributed by atoms with Gasteiger partial charge in [0.05, 0.1) is 0 Å². The van der Waals surface area contributed by atoms with Gasteiger partial charge in [-0.25, -0.2) is 9.78 Å². The molecular formula is C16H36N2O2. The van der Waals surface area contributed by atoms with Gasteiger partial charge >= 0.3 is 0 Å². The van der Waals surface area contributed by atoms with Gasteiger partial charge in [0.15, 0.2) is 0 Å². The largest absolute Gasteiger partial charge is 0.309 e. The lowest BCUT2D eigenvalue weighted by Gasteiger charge is -2.38. The third-order valence-electron chi connectivity index (χ3n) is 4.12. The Balaban J connectivity index is 4.49. The van der Waals surface area contributed by atoms with Crippen LogP contribution in [0.15, 0.2) is 0 Å². The van der Waals surface area contributed by atoms with Crippen molar-refractivity contribution in [3.8, 4) is 0 Å². The molecule has 0 heterocycles. The number of hydrogen-bond acceptors (Lipinski definition) is 4. The fraction of sp³-hybridized carbons (Fsp3) is 1.00. The lowest BCUT2D eigenvalue weighted by molar-refractivity contribution is -0.416. The van der Waals surface area contributed by atoms with Crippen LogP contribution >= 0.6 is 0 Å². The lowest BCUT2D eigenvalue weighted by Crippen LogP contribution is -2.44. The standard InChI is InChI=1S/C16H36N2O2/c1-13(11-17(7)8)15(3,4)19-20-16(5,6)14(2)12-18(9)10/h13-14H,11-12H2,1-10H3. The summed E-state index contributed by atoms with van der Waals surface area (Å²) in [6.07, 6.45) is 0. The summed E-state index contributed by atoms with van der Waals surface area (Å²) in [4.78, 5) is 16.0. The Morgan fingerprint density at radius 1 is 0.700 bits per heavy atom. The molecule has 0 saturated heterocycles. The maximum atomic E-state index is 5.81. The Hall–Kier alpha value is -0.160. The maximum Gasteiger partial charge on any atom is 0.102 e. The number of nitrogens with zero attached hydrogens (tertiary/aromatic N) is 2. The van der Waals surface area contributed by atoms with Gasteiger partial charge < -0.3 is 9.80 Å². The topological polar surface area (TPSA) is 24.9 Å². The highest BCUT2D eigenvalue weighted by Gasteiger charge is 2.34. The summed E-state index contributed by atoms with van der Waals surface area (Å²) >= 11 is 0. The first-order valence-corrected chi connectivity index (χ1v) is 7.54. The first kappa shape index (κ1) is 19.8. The zero-order valence-corrected chi connectivity index (χ0v) is 15.3. The second-order valence-electron chi connectivity index (χ2n) is 7.70. The monoisotopic (exact) mass is 288 g/mol. The highest BCUT2D eigenvalue weighted by molar-refractivity contribution is 4.79. The Labute approximate surface area is 126 Å². The Morgan fingerprint density at radius 2 is 0.950 bits per heavy atom. The minimum absolute atomic E-state index is 0.306. The predicted octanol–water partition coefficient (Wildman–Crippen LogP) is 2.89. The van der Waals surface area contributed by atoms with Crippen molar-refractivity contribution in [2.24, 2.45) is 11.8 Å². The van der Waals surface area contributed by atoms with E-state index in [0.717, 1.165) is 13.1 Å². The molecule has 0 bridgehead atoms. The molecule has 0 fully saturated rings. The molecule has 0 aliphatic rings. The molecule has 0 N–H and O–H groups in total. The molecule has 0 amide bonds. The number of hydrogen-bond donors (Lipinski definition) is 0. The molecule has 0 saturated carbocycles. The van der Waals surface area contributed by atoms with Crippen LogP contribution in [0, 0.1) is 11.8 Å². The lowest BCUT2D eigenvalue weighted by atomic mass is 9.92. The van der Waals surface area contributed by atoms with Gasteiger partial charge in [-0.2, -0.15) is 0 Å². The molecule has 0 aromatic rings. The Kier molecular flexibility index (Phi) is 7.67. The molecule has 0 aliphatic carbocycles. The molecule has 0 aliphatic heterocycles. The fourth-order valence-electron chi connectivity index (χ4n) is 1.91. The summed E-state index contributed by atoms with van der Waals surface area (Å²) in [5.74, 6) is 0.773. The van der Waals surface area contributed by atoms with Gasteiger partial charge in [0.2, 0.25) is 0 Å². The van der Waals surface area contributed by atoms with E-state index in [1.165, 1.54) is 0 Å². The first-order valence-electron chi connectivity index (χ1n) is 7.54. The van der Waals surface area contributed by atoms with Crippen molar-refractivity contribution in [3.63, 3.8) is 0 Å². The molecule has 4 nitrogen and oxygen atoms in total. The van der Waals surface area contributed by atoms with Crippen molar-refractivity contribution in [2.75, 3.05) is 41.3 Å². The van der Waals surface area contributed by atoms with E-state index in [4.69, 9.17) is 9.78 Å². The normalized spacial score (nSPS) is 16.8. The SMILES string of the molecule is CC(CN(C)C)C(C)(C)OOC(C)(C)C(C)CN(C)C. The second-order valence-corrected chi connectivity index (χ2v) is 7.70. The zero-order valence-electron chi connectivity index (χ0n) is 15.3. The van der Waals surface area contributed by atoms with Crippen molar-refractivity contribution in [1.82, 2.24) is 9.80 Å². The summed E-state index contributed by atoms with van der Waals surface area (Å²) in [5, 5.41) is 0. The van der Waals surface area contributed by atoms with Gasteiger partial charge in [-0.15, -0.1) is 0 Å². The Bertz CT molecular complexity index is 248. The van der Waals surface area contributed by atoms with Gasteiger partial charge in [0, 0.05) is 24.9 Å². The smallest absolute Gasteiger partial charge is 0.102 e. The molecule has 0 rings (SSSR count). The molecule has 122 valence electrons. The van der Waals surface area contributed by atoms with E-state index in [2.05, 4.69) is 79.5 Å². The molecule has 2 unspecified atom stereocenters. The molecule has 0 spiro atoms. The van der Waals surface area contributed by atoms with Crippen LogP contribution in [0.2, 0.25) is 0 Å². The first-order chi connectivity index (χ1) is 8.88. The number of rotatable bonds is 9. The Morgan fingerprint density at radius 3 is 1.15 bits per heavy atom. The average molecular weight is 288 g/mol. The van der Waals surface area contributed by atoms with E-state index in [1.54, 1.807) is 0 Å². The summed E-state index contributed by atoms with van der Waals surface area (Å²) in [6, 6.07) is 0. The quantitative estimate of drug-likeness (QED) is 0.481. The molecule has 0 aromatic carbocycles. The fourth-order valence-corrected chi connectivity index (χ4v) is 1.91. The van der Waals surface area contributed by atoms with E-state index in [1.807, 2.05) is 0 Å². The van der Waals surface area contributed by atoms with Gasteiger partial charge in [0.1, 0.15) is 11.2 Å². The van der Waals surface area contributed by atoms with E-state index in [9.17, 15) is 0 Å². The molecular weight excluding hydrogens is 252 g/mol. The van der Waals surface area contributed by atoms with Crippen LogP contribution in [0.3, 0.4) is 0 Å². The molecule has 2 atom stereocenters. The summed E-state index contributed by atoms with van der Waals surface area (Å²) in [6.45, 7) is 14.7. The van der Waals surface area contributed by atoms with Gasteiger partial charge in [-0.3, -0.25) is 0 Å². The maximum absolute atomic E-state index is 5.81. The second kappa shape index (κ2) is 7.74. The van der Waals surface area contributed by atoms with Gasteiger partial charge in [0.25, 0.3) is 0 Å². The zero-order chi connectivity index (χ0) is 16.1. The highest BCUT2D eigenvalue weighted by atomic mass is 17.2. The van der Waals surface area contributed by atoms with Crippen molar-refractivity contribution in [3.05, 3.63) is 0 Å². The van der Waals surface area contributed by atoms with Crippen molar-refractivity contribution in [1.29, 1.82) is 0 Å². The molecule has 4 heteroatoms. The van der Waals surface area contributed by atoms with Crippen LogP contribution in [0.1, 0.15) is 41.5 Å². The van der Waals surface area contributed by atoms with Crippen LogP contribution in [-0.4, -0.2) is 62.3 Å². The molecule has 0 aromatic heterocycles. The predicted molar refractivity (Wildman–Crippen MR) is 85.8 cm³/mol. The van der Waals surface area contributed by atoms with E-state index >= 15 is 0 Å². The summed E-state index contributed by atoms with van der Waals surface area (Å²) < 4.78 is 0. The summed E-state index contributed by atoms with van der Waals surface area (Å²) in [7, 11) is 8.32. The highest BCUT2D eigenvalue weighted by Crippen LogP contribution is 2.28. The minimum atomic E-state index is -0.306. The van der Waals surface area contributed by atoms with Crippen LogP contribution in [-0.2, 0) is 9.78 Å². The van der Waals surface area contributed by atoms with E-state index in [0.29, 0.717) is 11.8 Å². The van der Waals surface area contributed by atoms with Crippen LogP contribution in [0.5, 0.6) is 0 Å². The minimum Gasteiger partial charge on any atom is -0.309 e. The van der Waals surface area contributed by atoms with Crippen LogP contribution in [0.4, 0.5) is 0 Å². The van der Waals surface area contributed by atoms with Crippen molar-refractivity contribution < 1.29 is 9.78 Å². The van der Waals surface area contributed by atoms with E-state index in [-0.39, 0.29) is 11.2 Å². The van der Waals surface area contributed by atoms with Crippen molar-refractivity contribution in [2.45, 2.75) is 52.7 Å². The summed E-state index contributed by atoms with van der Waals surface area (Å²) in [5.41, 5.74) is -0.612. The van der Waals surface area contributed by atoms with E-state index < -0.39 is 0 Å². The van der Waals surface area contributed by atoms with Gasteiger partial charge in [-0.1, -0.05) is 13.8 Å². The van der Waals surface area contributed by atoms with Crippen LogP contribution < -0.4 is 0 Å². The third kappa shape index (κ3) is 7.02. The molecule has 20 heavy (non-hydrogen) atoms. The van der Waals surface area contributed by atoms with Crippen molar-refractivity contribution >= 4 is 0 Å².